The quantitative estimate of drug-likeness (QED) is 0.123. The van der Waals surface area contributed by atoms with Crippen LogP contribution in [0.25, 0.3) is 0 Å². The zero-order valence-electron chi connectivity index (χ0n) is 33.5. The molecule has 14 nitrogen and oxygen atoms in total. The number of methoxy groups -OCH3 is 2. The first-order valence-corrected chi connectivity index (χ1v) is 20.4. The van der Waals surface area contributed by atoms with Gasteiger partial charge in [0.2, 0.25) is 0 Å². The van der Waals surface area contributed by atoms with Crippen molar-refractivity contribution in [1.29, 1.82) is 0 Å². The summed E-state index contributed by atoms with van der Waals surface area (Å²) in [6.07, 6.45) is -6.78. The maximum Gasteiger partial charge on any atom is 0.187 e. The van der Waals surface area contributed by atoms with Gasteiger partial charge in [0.15, 0.2) is 12.6 Å². The van der Waals surface area contributed by atoms with Crippen LogP contribution in [0.5, 0.6) is 0 Å². The highest BCUT2D eigenvalue weighted by molar-refractivity contribution is 5.40. The summed E-state index contributed by atoms with van der Waals surface area (Å²) in [6, 6.07) is 0. The molecule has 5 fully saturated rings. The highest BCUT2D eigenvalue weighted by Gasteiger charge is 2.64. The van der Waals surface area contributed by atoms with E-state index in [-0.39, 0.29) is 35.7 Å². The van der Waals surface area contributed by atoms with Crippen LogP contribution in [-0.4, -0.2) is 154 Å². The van der Waals surface area contributed by atoms with E-state index < -0.39 is 97.8 Å². The first-order valence-electron chi connectivity index (χ1n) is 20.4. The lowest BCUT2D eigenvalue weighted by Crippen LogP contribution is -2.60. The van der Waals surface area contributed by atoms with Crippen molar-refractivity contribution >= 4 is 0 Å². The molecule has 55 heavy (non-hydrogen) atoms. The predicted molar refractivity (Wildman–Crippen MR) is 198 cm³/mol. The van der Waals surface area contributed by atoms with Crippen molar-refractivity contribution in [3.8, 4) is 0 Å². The van der Waals surface area contributed by atoms with Crippen molar-refractivity contribution in [3.63, 3.8) is 0 Å². The van der Waals surface area contributed by atoms with Gasteiger partial charge in [-0.2, -0.15) is 0 Å². The third-order valence-corrected chi connectivity index (χ3v) is 14.4. The summed E-state index contributed by atoms with van der Waals surface area (Å²) in [5.74, 6) is -0.0300. The minimum Gasteiger partial charge on any atom is -0.394 e. The van der Waals surface area contributed by atoms with E-state index >= 15 is 0 Å². The maximum absolute atomic E-state index is 12.4. The summed E-state index contributed by atoms with van der Waals surface area (Å²) in [5.41, 5.74) is 1.14. The van der Waals surface area contributed by atoms with Gasteiger partial charge in [-0.3, -0.25) is 0 Å². The number of aliphatic hydroxyl groups excluding tert-OH is 8. The minimum absolute atomic E-state index is 0.000736. The molecule has 20 atom stereocenters. The molecular weight excluding hydrogens is 716 g/mol. The molecule has 0 aromatic heterocycles. The standard InChI is InChI=1S/C41H68O14/c1-19(2)9-8-10-20(3)29-26(52-39-34(49)37(51-7)31(46)27(17-42)53-39)16-23-28-22(12-14-41(23,29)5)40(4)13-11-21(43)15-24(40)30(45)36(28)55-38-33(48)32(47)35(54-38)25(44)18-50-6/h8,10,19-22,24-27,29-39,42-49H,9,11-18H2,1-7H3/b10-8+/t20-,21-,22+,24-,25?,26-,27-,29+,30+,31-,32-,33-,34-,35+,36-,37+,38+,39-,40-,41+/m1/s1. The molecule has 0 spiro atoms. The second-order valence-corrected chi connectivity index (χ2v) is 18.2. The van der Waals surface area contributed by atoms with Crippen LogP contribution in [0.4, 0.5) is 0 Å². The van der Waals surface area contributed by atoms with E-state index in [0.717, 1.165) is 30.4 Å². The maximum atomic E-state index is 12.4. The molecule has 316 valence electrons. The van der Waals surface area contributed by atoms with Gasteiger partial charge in [-0.1, -0.05) is 52.3 Å². The van der Waals surface area contributed by atoms with Gasteiger partial charge in [-0.05, 0) is 85.0 Å². The van der Waals surface area contributed by atoms with Crippen LogP contribution in [0, 0.1) is 40.4 Å². The van der Waals surface area contributed by atoms with Crippen LogP contribution in [-0.2, 0) is 28.4 Å². The van der Waals surface area contributed by atoms with Gasteiger partial charge in [-0.15, -0.1) is 0 Å². The molecule has 8 N–H and O–H groups in total. The number of ether oxygens (including phenoxy) is 6. The first kappa shape index (κ1) is 43.5. The number of allylic oxidation sites excluding steroid dienone is 2. The molecule has 2 saturated heterocycles. The van der Waals surface area contributed by atoms with Crippen LogP contribution in [0.1, 0.15) is 79.6 Å². The highest BCUT2D eigenvalue weighted by Crippen LogP contribution is 2.67. The number of fused-ring (bicyclic) bond motifs is 4. The fourth-order valence-electron chi connectivity index (χ4n) is 11.5. The fourth-order valence-corrected chi connectivity index (χ4v) is 11.5. The normalized spacial score (nSPS) is 48.6. The molecule has 0 amide bonds. The largest absolute Gasteiger partial charge is 0.394 e. The smallest absolute Gasteiger partial charge is 0.187 e. The van der Waals surface area contributed by atoms with E-state index in [9.17, 15) is 40.9 Å². The summed E-state index contributed by atoms with van der Waals surface area (Å²) in [4.78, 5) is 0. The van der Waals surface area contributed by atoms with Gasteiger partial charge in [0.1, 0.15) is 54.9 Å². The molecule has 0 bridgehead atoms. The van der Waals surface area contributed by atoms with E-state index in [1.165, 1.54) is 14.2 Å². The molecule has 2 aliphatic heterocycles. The molecular formula is C41H68O14. The third-order valence-electron chi connectivity index (χ3n) is 14.4. The molecule has 4 aliphatic carbocycles. The Hall–Kier alpha value is -1.08. The van der Waals surface area contributed by atoms with Crippen LogP contribution in [0.3, 0.4) is 0 Å². The zero-order chi connectivity index (χ0) is 40.1. The lowest BCUT2D eigenvalue weighted by molar-refractivity contribution is -0.318. The number of hydrogen-bond acceptors (Lipinski definition) is 14. The van der Waals surface area contributed by atoms with Gasteiger partial charge < -0.3 is 69.3 Å². The average molecular weight is 785 g/mol. The molecule has 0 aromatic carbocycles. The van der Waals surface area contributed by atoms with Crippen molar-refractivity contribution in [2.45, 2.75) is 165 Å². The predicted octanol–water partition coefficient (Wildman–Crippen LogP) is 1.18. The van der Waals surface area contributed by atoms with E-state index in [1.54, 1.807) is 0 Å². The average Bonchev–Trinajstić information content (AvgIpc) is 3.59. The summed E-state index contributed by atoms with van der Waals surface area (Å²) < 4.78 is 36.0. The van der Waals surface area contributed by atoms with Crippen molar-refractivity contribution in [2.24, 2.45) is 40.4 Å². The van der Waals surface area contributed by atoms with E-state index in [0.29, 0.717) is 31.6 Å². The van der Waals surface area contributed by atoms with Crippen LogP contribution in [0.15, 0.2) is 23.3 Å². The number of hydrogen-bond donors (Lipinski definition) is 8. The fraction of sp³-hybridized carbons (Fsp3) is 0.902. The van der Waals surface area contributed by atoms with Gasteiger partial charge in [0.25, 0.3) is 0 Å². The van der Waals surface area contributed by atoms with Gasteiger partial charge >= 0.3 is 0 Å². The first-order chi connectivity index (χ1) is 26.0. The highest BCUT2D eigenvalue weighted by atomic mass is 16.7. The van der Waals surface area contributed by atoms with Gasteiger partial charge in [0.05, 0.1) is 31.5 Å². The Bertz CT molecular complexity index is 1360. The second kappa shape index (κ2) is 17.3. The molecule has 2 heterocycles. The van der Waals surface area contributed by atoms with Crippen LogP contribution < -0.4 is 0 Å². The number of rotatable bonds is 13. The Labute approximate surface area is 325 Å². The Balaban J connectivity index is 1.43. The Morgan fingerprint density at radius 1 is 0.873 bits per heavy atom. The zero-order valence-corrected chi connectivity index (χ0v) is 33.5. The Kier molecular flexibility index (Phi) is 13.6. The summed E-state index contributed by atoms with van der Waals surface area (Å²) in [5, 5.41) is 88.3. The molecule has 0 radical (unpaired) electrons. The summed E-state index contributed by atoms with van der Waals surface area (Å²) >= 11 is 0. The molecule has 6 aliphatic rings. The Morgan fingerprint density at radius 3 is 2.24 bits per heavy atom. The molecule has 0 aromatic rings. The molecule has 14 heteroatoms. The Morgan fingerprint density at radius 2 is 1.58 bits per heavy atom. The molecule has 6 rings (SSSR count). The summed E-state index contributed by atoms with van der Waals surface area (Å²) in [7, 11) is 2.79. The minimum atomic E-state index is -1.51. The van der Waals surface area contributed by atoms with E-state index in [1.807, 2.05) is 0 Å². The van der Waals surface area contributed by atoms with Crippen molar-refractivity contribution in [2.75, 3.05) is 27.4 Å². The van der Waals surface area contributed by atoms with E-state index in [4.69, 9.17) is 28.4 Å². The van der Waals surface area contributed by atoms with Crippen LogP contribution >= 0.6 is 0 Å². The molecule has 1 unspecified atom stereocenters. The van der Waals surface area contributed by atoms with Crippen molar-refractivity contribution in [1.82, 2.24) is 0 Å². The number of aliphatic hydroxyl groups is 8. The van der Waals surface area contributed by atoms with Gasteiger partial charge in [-0.25, -0.2) is 0 Å². The van der Waals surface area contributed by atoms with E-state index in [2.05, 4.69) is 46.8 Å². The lowest BCUT2D eigenvalue weighted by atomic mass is 9.47. The second-order valence-electron chi connectivity index (χ2n) is 18.2. The lowest BCUT2D eigenvalue weighted by Gasteiger charge is -2.60. The SMILES string of the molecule is COCC(O)[C@@H]1O[C@@H](O[C@@H]2C3=C4C[C@@H](O[C@@H]5O[C@H](CO)[C@@H](O)[C@H](OC)[C@H]5O)[C@H]([C@H](C)/C=C/CC(C)C)[C@@]4(C)CC[C@@H]3[C@@]3(C)CC[C@@H](O)C[C@@H]3[C@@H]2O)[C@H](O)[C@H]1O. The van der Waals surface area contributed by atoms with Crippen LogP contribution in [0.2, 0.25) is 0 Å². The van der Waals surface area contributed by atoms with Crippen molar-refractivity contribution < 1.29 is 69.3 Å². The van der Waals surface area contributed by atoms with Gasteiger partial charge in [0, 0.05) is 20.1 Å². The third kappa shape index (κ3) is 7.88. The molecule has 3 saturated carbocycles. The van der Waals surface area contributed by atoms with Crippen molar-refractivity contribution in [3.05, 3.63) is 23.3 Å². The monoisotopic (exact) mass is 784 g/mol. The topological polar surface area (TPSA) is 217 Å². The summed E-state index contributed by atoms with van der Waals surface area (Å²) in [6.45, 7) is 10.3.